The van der Waals surface area contributed by atoms with E-state index in [4.69, 9.17) is 14.7 Å². The zero-order valence-corrected chi connectivity index (χ0v) is 12.3. The fourth-order valence-corrected chi connectivity index (χ4v) is 2.98. The SMILES string of the molecule is CCNc1nc(N2CCOCC2)nc2c1CCCCC2. The summed E-state index contributed by atoms with van der Waals surface area (Å²) < 4.78 is 5.42. The second-order valence-electron chi connectivity index (χ2n) is 5.49. The molecular formula is C15H24N4O. The van der Waals surface area contributed by atoms with E-state index in [-0.39, 0.29) is 0 Å². The summed E-state index contributed by atoms with van der Waals surface area (Å²) in [5, 5.41) is 3.43. The first-order valence-corrected chi connectivity index (χ1v) is 7.85. The van der Waals surface area contributed by atoms with Crippen LogP contribution in [0.3, 0.4) is 0 Å². The summed E-state index contributed by atoms with van der Waals surface area (Å²) in [4.78, 5) is 11.9. The number of fused-ring (bicyclic) bond motifs is 1. The van der Waals surface area contributed by atoms with Crippen LogP contribution >= 0.6 is 0 Å². The van der Waals surface area contributed by atoms with Gasteiger partial charge in [0.25, 0.3) is 0 Å². The van der Waals surface area contributed by atoms with Gasteiger partial charge in [-0.15, -0.1) is 0 Å². The van der Waals surface area contributed by atoms with Crippen molar-refractivity contribution < 1.29 is 4.74 Å². The zero-order valence-electron chi connectivity index (χ0n) is 12.3. The number of morpholine rings is 1. The van der Waals surface area contributed by atoms with E-state index in [1.54, 1.807) is 0 Å². The Morgan fingerprint density at radius 1 is 1.10 bits per heavy atom. The molecule has 0 radical (unpaired) electrons. The van der Waals surface area contributed by atoms with Crippen LogP contribution in [0.2, 0.25) is 0 Å². The summed E-state index contributed by atoms with van der Waals surface area (Å²) >= 11 is 0. The van der Waals surface area contributed by atoms with Crippen molar-refractivity contribution in [3.05, 3.63) is 11.3 Å². The van der Waals surface area contributed by atoms with Crippen molar-refractivity contribution >= 4 is 11.8 Å². The molecule has 2 aliphatic rings. The smallest absolute Gasteiger partial charge is 0.227 e. The summed E-state index contributed by atoms with van der Waals surface area (Å²) in [6, 6.07) is 0. The molecule has 0 saturated carbocycles. The zero-order chi connectivity index (χ0) is 13.8. The standard InChI is InChI=1S/C15H24N4O/c1-2-16-14-12-6-4-3-5-7-13(12)17-15(18-14)19-8-10-20-11-9-19/h2-11H2,1H3,(H,16,17,18). The lowest BCUT2D eigenvalue weighted by atomic mass is 10.1. The third-order valence-corrected chi connectivity index (χ3v) is 4.06. The van der Waals surface area contributed by atoms with Gasteiger partial charge in [0.2, 0.25) is 5.95 Å². The molecule has 1 aromatic rings. The molecule has 110 valence electrons. The number of ether oxygens (including phenoxy) is 1. The molecule has 0 aromatic carbocycles. The molecule has 3 rings (SSSR count). The summed E-state index contributed by atoms with van der Waals surface area (Å²) in [5.74, 6) is 1.94. The van der Waals surface area contributed by atoms with E-state index in [2.05, 4.69) is 17.1 Å². The van der Waals surface area contributed by atoms with E-state index >= 15 is 0 Å². The van der Waals surface area contributed by atoms with Gasteiger partial charge < -0.3 is 15.0 Å². The average Bonchev–Trinajstić information content (AvgIpc) is 2.74. The molecule has 1 aromatic heterocycles. The highest BCUT2D eigenvalue weighted by Crippen LogP contribution is 2.27. The Labute approximate surface area is 120 Å². The van der Waals surface area contributed by atoms with Crippen LogP contribution in [0, 0.1) is 0 Å². The number of rotatable bonds is 3. The first kappa shape index (κ1) is 13.6. The third kappa shape index (κ3) is 2.87. The molecule has 0 amide bonds. The van der Waals surface area contributed by atoms with Gasteiger partial charge in [0.05, 0.1) is 18.9 Å². The van der Waals surface area contributed by atoms with Gasteiger partial charge in [0, 0.05) is 25.2 Å². The van der Waals surface area contributed by atoms with Gasteiger partial charge in [-0.25, -0.2) is 4.98 Å². The van der Waals surface area contributed by atoms with Crippen LogP contribution in [0.15, 0.2) is 0 Å². The molecule has 0 atom stereocenters. The molecule has 20 heavy (non-hydrogen) atoms. The Kier molecular flexibility index (Phi) is 4.35. The minimum Gasteiger partial charge on any atom is -0.378 e. The molecule has 5 heteroatoms. The second kappa shape index (κ2) is 6.39. The van der Waals surface area contributed by atoms with Crippen LogP contribution in [-0.2, 0) is 17.6 Å². The maximum absolute atomic E-state index is 5.42. The molecule has 0 unspecified atom stereocenters. The van der Waals surface area contributed by atoms with Gasteiger partial charge in [-0.05, 0) is 32.6 Å². The third-order valence-electron chi connectivity index (χ3n) is 4.06. The molecule has 0 spiro atoms. The molecule has 1 fully saturated rings. The van der Waals surface area contributed by atoms with Crippen molar-refractivity contribution in [1.82, 2.24) is 9.97 Å². The molecule has 2 heterocycles. The number of anilines is 2. The molecule has 1 N–H and O–H groups in total. The van der Waals surface area contributed by atoms with Crippen molar-refractivity contribution in [3.63, 3.8) is 0 Å². The molecule has 5 nitrogen and oxygen atoms in total. The van der Waals surface area contributed by atoms with E-state index in [1.807, 2.05) is 0 Å². The Balaban J connectivity index is 1.94. The highest BCUT2D eigenvalue weighted by molar-refractivity contribution is 5.52. The van der Waals surface area contributed by atoms with Gasteiger partial charge in [-0.2, -0.15) is 4.98 Å². The highest BCUT2D eigenvalue weighted by atomic mass is 16.5. The number of aryl methyl sites for hydroxylation is 1. The monoisotopic (exact) mass is 276 g/mol. The Hall–Kier alpha value is -1.36. The van der Waals surface area contributed by atoms with E-state index in [0.717, 1.165) is 57.5 Å². The second-order valence-corrected chi connectivity index (χ2v) is 5.49. The normalized spacial score (nSPS) is 19.4. The molecule has 1 aliphatic heterocycles. The summed E-state index contributed by atoms with van der Waals surface area (Å²) in [6.45, 7) is 6.37. The maximum Gasteiger partial charge on any atom is 0.227 e. The highest BCUT2D eigenvalue weighted by Gasteiger charge is 2.20. The lowest BCUT2D eigenvalue weighted by Crippen LogP contribution is -2.37. The fourth-order valence-electron chi connectivity index (χ4n) is 2.98. The fraction of sp³-hybridized carbons (Fsp3) is 0.733. The van der Waals surface area contributed by atoms with Crippen molar-refractivity contribution in [2.24, 2.45) is 0 Å². The number of hydrogen-bond acceptors (Lipinski definition) is 5. The minimum atomic E-state index is 0.775. The van der Waals surface area contributed by atoms with Crippen molar-refractivity contribution in [1.29, 1.82) is 0 Å². The lowest BCUT2D eigenvalue weighted by Gasteiger charge is -2.28. The first-order valence-electron chi connectivity index (χ1n) is 7.85. The van der Waals surface area contributed by atoms with Gasteiger partial charge in [-0.1, -0.05) is 6.42 Å². The number of nitrogens with zero attached hydrogens (tertiary/aromatic N) is 3. The summed E-state index contributed by atoms with van der Waals surface area (Å²) in [7, 11) is 0. The largest absolute Gasteiger partial charge is 0.378 e. The van der Waals surface area contributed by atoms with Crippen LogP contribution in [-0.4, -0.2) is 42.8 Å². The molecular weight excluding hydrogens is 252 g/mol. The van der Waals surface area contributed by atoms with Gasteiger partial charge in [-0.3, -0.25) is 0 Å². The van der Waals surface area contributed by atoms with Crippen molar-refractivity contribution in [2.45, 2.75) is 39.0 Å². The lowest BCUT2D eigenvalue weighted by molar-refractivity contribution is 0.122. The Bertz CT molecular complexity index is 457. The van der Waals surface area contributed by atoms with E-state index in [0.29, 0.717) is 0 Å². The van der Waals surface area contributed by atoms with Gasteiger partial charge in [0.1, 0.15) is 5.82 Å². The van der Waals surface area contributed by atoms with Gasteiger partial charge in [0.15, 0.2) is 0 Å². The molecule has 0 bridgehead atoms. The topological polar surface area (TPSA) is 50.3 Å². The quantitative estimate of drug-likeness (QED) is 0.856. The number of aromatic nitrogens is 2. The van der Waals surface area contributed by atoms with Crippen LogP contribution in [0.5, 0.6) is 0 Å². The van der Waals surface area contributed by atoms with Gasteiger partial charge >= 0.3 is 0 Å². The van der Waals surface area contributed by atoms with Crippen molar-refractivity contribution in [2.75, 3.05) is 43.1 Å². The number of nitrogens with one attached hydrogen (secondary N) is 1. The Morgan fingerprint density at radius 3 is 2.70 bits per heavy atom. The summed E-state index contributed by atoms with van der Waals surface area (Å²) in [5.41, 5.74) is 2.61. The predicted molar refractivity (Wildman–Crippen MR) is 80.5 cm³/mol. The average molecular weight is 276 g/mol. The van der Waals surface area contributed by atoms with Crippen LogP contribution in [0.4, 0.5) is 11.8 Å². The number of hydrogen-bond donors (Lipinski definition) is 1. The molecule has 1 saturated heterocycles. The maximum atomic E-state index is 5.42. The predicted octanol–water partition coefficient (Wildman–Crippen LogP) is 2.01. The van der Waals surface area contributed by atoms with Crippen molar-refractivity contribution in [3.8, 4) is 0 Å². The minimum absolute atomic E-state index is 0.775. The Morgan fingerprint density at radius 2 is 1.90 bits per heavy atom. The van der Waals surface area contributed by atoms with E-state index in [1.165, 1.54) is 30.5 Å². The van der Waals surface area contributed by atoms with Crippen LogP contribution in [0.1, 0.15) is 37.4 Å². The van der Waals surface area contributed by atoms with E-state index < -0.39 is 0 Å². The molecule has 1 aliphatic carbocycles. The summed E-state index contributed by atoms with van der Waals surface area (Å²) in [6.07, 6.45) is 6.01. The first-order chi connectivity index (χ1) is 9.88. The van der Waals surface area contributed by atoms with Crippen LogP contribution in [0.25, 0.3) is 0 Å². The van der Waals surface area contributed by atoms with E-state index in [9.17, 15) is 0 Å². The van der Waals surface area contributed by atoms with Crippen LogP contribution < -0.4 is 10.2 Å².